The maximum absolute atomic E-state index is 11.9. The summed E-state index contributed by atoms with van der Waals surface area (Å²) in [5.74, 6) is 0.758. The van der Waals surface area contributed by atoms with Crippen LogP contribution in [0.4, 0.5) is 0 Å². The lowest BCUT2D eigenvalue weighted by molar-refractivity contribution is -0.141. The smallest absolute Gasteiger partial charge is 0.263 e. The van der Waals surface area contributed by atoms with Crippen LogP contribution in [0.2, 0.25) is 0 Å². The highest BCUT2D eigenvalue weighted by Crippen LogP contribution is 2.30. The van der Waals surface area contributed by atoms with Crippen molar-refractivity contribution in [3.05, 3.63) is 0 Å². The van der Waals surface area contributed by atoms with Crippen LogP contribution >= 0.6 is 0 Å². The van der Waals surface area contributed by atoms with E-state index in [1.165, 1.54) is 6.42 Å². The first-order valence-corrected chi connectivity index (χ1v) is 6.15. The van der Waals surface area contributed by atoms with Gasteiger partial charge in [-0.1, -0.05) is 33.6 Å². The van der Waals surface area contributed by atoms with Crippen molar-refractivity contribution in [1.29, 1.82) is 0 Å². The molecule has 0 aromatic heterocycles. The highest BCUT2D eigenvalue weighted by Gasteiger charge is 2.38. The van der Waals surface area contributed by atoms with Crippen LogP contribution in [-0.2, 0) is 9.63 Å². The lowest BCUT2D eigenvalue weighted by Crippen LogP contribution is -2.56. The van der Waals surface area contributed by atoms with Gasteiger partial charge in [-0.15, -0.1) is 0 Å². The van der Waals surface area contributed by atoms with E-state index in [1.807, 2.05) is 13.8 Å². The molecule has 0 aromatic rings. The SMILES string of the molecule is CC(C)CONC(=O)C1(N)CCCC(C)C1. The number of hydrogen-bond acceptors (Lipinski definition) is 3. The largest absolute Gasteiger partial charge is 0.317 e. The van der Waals surface area contributed by atoms with Crippen LogP contribution in [0.25, 0.3) is 0 Å². The summed E-state index contributed by atoms with van der Waals surface area (Å²) < 4.78 is 0. The number of nitrogens with one attached hydrogen (secondary N) is 1. The van der Waals surface area contributed by atoms with Gasteiger partial charge in [-0.05, 0) is 24.7 Å². The first kappa shape index (κ1) is 13.5. The van der Waals surface area contributed by atoms with Gasteiger partial charge in [0.15, 0.2) is 0 Å². The van der Waals surface area contributed by atoms with E-state index in [2.05, 4.69) is 12.4 Å². The topological polar surface area (TPSA) is 64.3 Å². The average Bonchev–Trinajstić information content (AvgIpc) is 2.16. The van der Waals surface area contributed by atoms with Crippen molar-refractivity contribution in [3.8, 4) is 0 Å². The Bertz CT molecular complexity index is 243. The van der Waals surface area contributed by atoms with E-state index in [9.17, 15) is 4.79 Å². The second kappa shape index (κ2) is 5.64. The van der Waals surface area contributed by atoms with Gasteiger partial charge < -0.3 is 5.73 Å². The van der Waals surface area contributed by atoms with Gasteiger partial charge in [-0.25, -0.2) is 5.48 Å². The molecular weight excluding hydrogens is 204 g/mol. The molecule has 4 nitrogen and oxygen atoms in total. The van der Waals surface area contributed by atoms with E-state index in [-0.39, 0.29) is 5.91 Å². The molecule has 1 aliphatic rings. The summed E-state index contributed by atoms with van der Waals surface area (Å²) in [5, 5.41) is 0. The predicted octanol–water partition coefficient (Wildman–Crippen LogP) is 1.60. The van der Waals surface area contributed by atoms with E-state index in [4.69, 9.17) is 10.6 Å². The molecule has 94 valence electrons. The van der Waals surface area contributed by atoms with Gasteiger partial charge in [0.25, 0.3) is 5.91 Å². The minimum atomic E-state index is -0.728. The number of hydroxylamine groups is 1. The average molecular weight is 228 g/mol. The zero-order valence-electron chi connectivity index (χ0n) is 10.6. The van der Waals surface area contributed by atoms with Gasteiger partial charge in [0.1, 0.15) is 0 Å². The van der Waals surface area contributed by atoms with E-state index >= 15 is 0 Å². The molecule has 1 rings (SSSR count). The van der Waals surface area contributed by atoms with Crippen LogP contribution in [0.1, 0.15) is 46.5 Å². The molecule has 1 amide bonds. The van der Waals surface area contributed by atoms with E-state index in [1.54, 1.807) is 0 Å². The Balaban J connectivity index is 2.39. The van der Waals surface area contributed by atoms with Crippen molar-refractivity contribution in [2.45, 2.75) is 52.0 Å². The van der Waals surface area contributed by atoms with Crippen LogP contribution < -0.4 is 11.2 Å². The fraction of sp³-hybridized carbons (Fsp3) is 0.917. The van der Waals surface area contributed by atoms with Gasteiger partial charge in [0.05, 0.1) is 12.1 Å². The summed E-state index contributed by atoms with van der Waals surface area (Å²) in [5.41, 5.74) is 7.87. The molecule has 1 aliphatic carbocycles. The van der Waals surface area contributed by atoms with Crippen LogP contribution in [-0.4, -0.2) is 18.1 Å². The lowest BCUT2D eigenvalue weighted by Gasteiger charge is -2.35. The van der Waals surface area contributed by atoms with Crippen LogP contribution in [0.3, 0.4) is 0 Å². The van der Waals surface area contributed by atoms with Crippen molar-refractivity contribution in [2.24, 2.45) is 17.6 Å². The Morgan fingerprint density at radius 3 is 2.88 bits per heavy atom. The van der Waals surface area contributed by atoms with E-state index in [0.29, 0.717) is 18.4 Å². The summed E-state index contributed by atoms with van der Waals surface area (Å²) in [6.07, 6.45) is 3.70. The highest BCUT2D eigenvalue weighted by molar-refractivity contribution is 5.85. The summed E-state index contributed by atoms with van der Waals surface area (Å²) in [4.78, 5) is 17.0. The molecule has 4 heteroatoms. The second-order valence-corrected chi connectivity index (χ2v) is 5.49. The molecule has 0 radical (unpaired) electrons. The van der Waals surface area contributed by atoms with Gasteiger partial charge in [0.2, 0.25) is 0 Å². The minimum Gasteiger partial charge on any atom is -0.317 e. The first-order chi connectivity index (χ1) is 7.44. The number of hydrogen-bond donors (Lipinski definition) is 2. The van der Waals surface area contributed by atoms with Crippen LogP contribution in [0, 0.1) is 11.8 Å². The molecule has 1 saturated carbocycles. The Hall–Kier alpha value is -0.610. The standard InChI is InChI=1S/C12H24N2O2/c1-9(2)8-16-14-11(15)12(13)6-4-5-10(3)7-12/h9-10H,4-8,13H2,1-3H3,(H,14,15). The zero-order chi connectivity index (χ0) is 12.2. The van der Waals surface area contributed by atoms with Crippen molar-refractivity contribution >= 4 is 5.91 Å². The Morgan fingerprint density at radius 1 is 1.62 bits per heavy atom. The zero-order valence-corrected chi connectivity index (χ0v) is 10.6. The lowest BCUT2D eigenvalue weighted by atomic mass is 9.77. The molecular formula is C12H24N2O2. The monoisotopic (exact) mass is 228 g/mol. The van der Waals surface area contributed by atoms with Crippen molar-refractivity contribution in [2.75, 3.05) is 6.61 Å². The molecule has 2 unspecified atom stereocenters. The molecule has 3 N–H and O–H groups in total. The molecule has 0 aliphatic heterocycles. The van der Waals surface area contributed by atoms with Gasteiger partial charge >= 0.3 is 0 Å². The van der Waals surface area contributed by atoms with Gasteiger partial charge in [-0.3, -0.25) is 9.63 Å². The number of amides is 1. The molecule has 0 saturated heterocycles. The quantitative estimate of drug-likeness (QED) is 0.718. The van der Waals surface area contributed by atoms with Gasteiger partial charge in [0, 0.05) is 0 Å². The summed E-state index contributed by atoms with van der Waals surface area (Å²) in [6, 6.07) is 0. The van der Waals surface area contributed by atoms with E-state index in [0.717, 1.165) is 19.3 Å². The van der Waals surface area contributed by atoms with Crippen molar-refractivity contribution in [3.63, 3.8) is 0 Å². The molecule has 0 aromatic carbocycles. The third-order valence-corrected chi connectivity index (χ3v) is 3.07. The maximum Gasteiger partial charge on any atom is 0.263 e. The molecule has 0 spiro atoms. The molecule has 16 heavy (non-hydrogen) atoms. The Labute approximate surface area is 97.9 Å². The van der Waals surface area contributed by atoms with Crippen LogP contribution in [0.5, 0.6) is 0 Å². The minimum absolute atomic E-state index is 0.167. The third kappa shape index (κ3) is 3.76. The second-order valence-electron chi connectivity index (χ2n) is 5.49. The molecule has 0 bridgehead atoms. The van der Waals surface area contributed by atoms with Crippen LogP contribution in [0.15, 0.2) is 0 Å². The molecule has 1 fully saturated rings. The Morgan fingerprint density at radius 2 is 2.31 bits per heavy atom. The predicted molar refractivity (Wildman–Crippen MR) is 63.5 cm³/mol. The summed E-state index contributed by atoms with van der Waals surface area (Å²) >= 11 is 0. The fourth-order valence-electron chi connectivity index (χ4n) is 2.17. The number of nitrogens with two attached hydrogens (primary N) is 1. The summed E-state index contributed by atoms with van der Waals surface area (Å²) in [7, 11) is 0. The number of rotatable bonds is 4. The number of carbonyl (C=O) groups excluding carboxylic acids is 1. The number of carbonyl (C=O) groups is 1. The highest BCUT2D eigenvalue weighted by atomic mass is 16.7. The third-order valence-electron chi connectivity index (χ3n) is 3.07. The van der Waals surface area contributed by atoms with Crippen molar-refractivity contribution in [1.82, 2.24) is 5.48 Å². The normalized spacial score (nSPS) is 30.4. The van der Waals surface area contributed by atoms with Gasteiger partial charge in [-0.2, -0.15) is 0 Å². The first-order valence-electron chi connectivity index (χ1n) is 6.15. The fourth-order valence-corrected chi connectivity index (χ4v) is 2.17. The summed E-state index contributed by atoms with van der Waals surface area (Å²) in [6.45, 7) is 6.74. The maximum atomic E-state index is 11.9. The van der Waals surface area contributed by atoms with Crippen molar-refractivity contribution < 1.29 is 9.63 Å². The Kier molecular flexibility index (Phi) is 4.74. The molecule has 2 atom stereocenters. The van der Waals surface area contributed by atoms with E-state index < -0.39 is 5.54 Å². The molecule has 0 heterocycles.